The third kappa shape index (κ3) is 3.95. The van der Waals surface area contributed by atoms with Gasteiger partial charge in [0.15, 0.2) is 0 Å². The summed E-state index contributed by atoms with van der Waals surface area (Å²) in [7, 11) is -0.450. The molecule has 1 aromatic carbocycles. The van der Waals surface area contributed by atoms with E-state index in [4.69, 9.17) is 11.6 Å². The molecule has 0 amide bonds. The Morgan fingerprint density at radius 2 is 2.07 bits per heavy atom. The number of nitrogens with zero attached hydrogens (tertiary/aromatic N) is 4. The van der Waals surface area contributed by atoms with E-state index in [2.05, 4.69) is 32.4 Å². The lowest BCUT2D eigenvalue weighted by Gasteiger charge is -2.30. The van der Waals surface area contributed by atoms with Crippen LogP contribution < -0.4 is 5.32 Å². The molecule has 0 unspecified atom stereocenters. The molecule has 154 valence electrons. The molecule has 2 aromatic heterocycles. The van der Waals surface area contributed by atoms with Crippen LogP contribution in [0.15, 0.2) is 30.5 Å². The molecule has 0 saturated carbocycles. The van der Waals surface area contributed by atoms with Crippen LogP contribution in [-0.2, 0) is 29.6 Å². The van der Waals surface area contributed by atoms with Crippen LogP contribution >= 0.6 is 11.6 Å². The van der Waals surface area contributed by atoms with Crippen molar-refractivity contribution in [2.45, 2.75) is 19.4 Å². The second kappa shape index (κ2) is 7.91. The zero-order valence-corrected chi connectivity index (χ0v) is 17.9. The number of H-pyrrole nitrogens is 1. The lowest BCUT2D eigenvalue weighted by atomic mass is 10.1. The Bertz CT molecular complexity index is 1140. The Hall–Kier alpha value is -2.20. The van der Waals surface area contributed by atoms with Gasteiger partial charge in [0.2, 0.25) is 5.28 Å². The van der Waals surface area contributed by atoms with Crippen molar-refractivity contribution in [3.05, 3.63) is 52.6 Å². The normalized spacial score (nSPS) is 15.0. The van der Waals surface area contributed by atoms with E-state index >= 15 is 0 Å². The Labute approximate surface area is 175 Å². The first-order chi connectivity index (χ1) is 13.9. The van der Waals surface area contributed by atoms with E-state index in [0.29, 0.717) is 31.0 Å². The van der Waals surface area contributed by atoms with Gasteiger partial charge in [-0.05, 0) is 36.1 Å². The molecule has 1 aliphatic rings. The number of aromatic nitrogens is 3. The Balaban J connectivity index is 1.50. The molecule has 3 aromatic rings. The predicted molar refractivity (Wildman–Crippen MR) is 114 cm³/mol. The standard InChI is InChI=1S/C19H23ClN6O2S/c1-25(2)29(27,28)26-10-8-15-17(12-26)23-19(20)24-18(15)21-9-7-13-11-22-16-6-4-3-5-14(13)16/h3-6,11,22H,7-10,12H2,1-2H3,(H,21,23,24). The largest absolute Gasteiger partial charge is 0.369 e. The number of hydrogen-bond acceptors (Lipinski definition) is 5. The van der Waals surface area contributed by atoms with Gasteiger partial charge in [0.05, 0.1) is 12.2 Å². The van der Waals surface area contributed by atoms with Crippen molar-refractivity contribution in [3.8, 4) is 0 Å². The summed E-state index contributed by atoms with van der Waals surface area (Å²) in [5, 5.41) is 4.69. The minimum atomic E-state index is -3.50. The van der Waals surface area contributed by atoms with Crippen LogP contribution in [0.4, 0.5) is 5.82 Å². The fourth-order valence-electron chi connectivity index (χ4n) is 3.60. The summed E-state index contributed by atoms with van der Waals surface area (Å²) in [6, 6.07) is 8.20. The molecule has 0 bridgehead atoms. The van der Waals surface area contributed by atoms with Crippen molar-refractivity contribution in [2.24, 2.45) is 0 Å². The van der Waals surface area contributed by atoms with Gasteiger partial charge in [0, 0.05) is 49.8 Å². The average molecular weight is 435 g/mol. The first-order valence-corrected chi connectivity index (χ1v) is 11.2. The van der Waals surface area contributed by atoms with E-state index < -0.39 is 10.2 Å². The Morgan fingerprint density at radius 3 is 2.86 bits per heavy atom. The molecule has 2 N–H and O–H groups in total. The van der Waals surface area contributed by atoms with Crippen molar-refractivity contribution >= 4 is 38.5 Å². The van der Waals surface area contributed by atoms with E-state index in [1.54, 1.807) is 0 Å². The van der Waals surface area contributed by atoms with Crippen LogP contribution in [0.3, 0.4) is 0 Å². The molecular formula is C19H23ClN6O2S. The molecule has 4 rings (SSSR count). The third-order valence-corrected chi connectivity index (χ3v) is 7.21. The lowest BCUT2D eigenvalue weighted by molar-refractivity contribution is 0.354. The zero-order chi connectivity index (χ0) is 20.6. The summed E-state index contributed by atoms with van der Waals surface area (Å²) < 4.78 is 27.5. The van der Waals surface area contributed by atoms with E-state index in [1.165, 1.54) is 33.7 Å². The number of hydrogen-bond donors (Lipinski definition) is 2. The van der Waals surface area contributed by atoms with E-state index in [-0.39, 0.29) is 11.8 Å². The highest BCUT2D eigenvalue weighted by Gasteiger charge is 2.31. The molecule has 0 fully saturated rings. The SMILES string of the molecule is CN(C)S(=O)(=O)N1CCc2c(nc(Cl)nc2NCCc2c[nH]c3ccccc23)C1. The topological polar surface area (TPSA) is 94.2 Å². The van der Waals surface area contributed by atoms with Gasteiger partial charge >= 0.3 is 0 Å². The molecule has 0 spiro atoms. The van der Waals surface area contributed by atoms with Crippen molar-refractivity contribution in [1.82, 2.24) is 23.6 Å². The number of anilines is 1. The fraction of sp³-hybridized carbons (Fsp3) is 0.368. The van der Waals surface area contributed by atoms with E-state index in [9.17, 15) is 8.42 Å². The lowest BCUT2D eigenvalue weighted by Crippen LogP contribution is -2.43. The van der Waals surface area contributed by atoms with Crippen LogP contribution in [0.5, 0.6) is 0 Å². The van der Waals surface area contributed by atoms with Crippen molar-refractivity contribution in [1.29, 1.82) is 0 Å². The number of halogens is 1. The van der Waals surface area contributed by atoms with Crippen LogP contribution in [0.2, 0.25) is 5.28 Å². The number of benzene rings is 1. The quantitative estimate of drug-likeness (QED) is 0.581. The highest BCUT2D eigenvalue weighted by atomic mass is 35.5. The molecule has 0 radical (unpaired) electrons. The molecular weight excluding hydrogens is 412 g/mol. The Morgan fingerprint density at radius 1 is 1.28 bits per heavy atom. The number of rotatable bonds is 6. The van der Waals surface area contributed by atoms with E-state index in [1.807, 2.05) is 18.3 Å². The molecule has 0 atom stereocenters. The van der Waals surface area contributed by atoms with Gasteiger partial charge in [-0.3, -0.25) is 0 Å². The van der Waals surface area contributed by atoms with Gasteiger partial charge < -0.3 is 10.3 Å². The molecule has 29 heavy (non-hydrogen) atoms. The maximum atomic E-state index is 12.4. The maximum absolute atomic E-state index is 12.4. The second-order valence-electron chi connectivity index (χ2n) is 7.18. The number of para-hydroxylation sites is 1. The summed E-state index contributed by atoms with van der Waals surface area (Å²) in [4.78, 5) is 11.9. The number of aromatic amines is 1. The van der Waals surface area contributed by atoms with Crippen LogP contribution in [-0.4, -0.2) is 59.2 Å². The van der Waals surface area contributed by atoms with Gasteiger partial charge in [0.25, 0.3) is 10.2 Å². The van der Waals surface area contributed by atoms with Gasteiger partial charge in [0.1, 0.15) is 5.82 Å². The van der Waals surface area contributed by atoms with Crippen LogP contribution in [0, 0.1) is 0 Å². The van der Waals surface area contributed by atoms with Gasteiger partial charge in [-0.15, -0.1) is 0 Å². The summed E-state index contributed by atoms with van der Waals surface area (Å²) in [6.07, 6.45) is 3.38. The van der Waals surface area contributed by atoms with E-state index in [0.717, 1.165) is 17.5 Å². The van der Waals surface area contributed by atoms with Gasteiger partial charge in [-0.1, -0.05) is 18.2 Å². The maximum Gasteiger partial charge on any atom is 0.281 e. The summed E-state index contributed by atoms with van der Waals surface area (Å²) >= 11 is 6.12. The predicted octanol–water partition coefficient (Wildman–Crippen LogP) is 2.43. The minimum Gasteiger partial charge on any atom is -0.369 e. The molecule has 10 heteroatoms. The number of nitrogens with one attached hydrogen (secondary N) is 2. The summed E-state index contributed by atoms with van der Waals surface area (Å²) in [6.45, 7) is 1.26. The summed E-state index contributed by atoms with van der Waals surface area (Å²) in [5.74, 6) is 0.682. The van der Waals surface area contributed by atoms with Gasteiger partial charge in [-0.2, -0.15) is 17.0 Å². The smallest absolute Gasteiger partial charge is 0.281 e. The molecule has 0 saturated heterocycles. The van der Waals surface area contributed by atoms with Gasteiger partial charge in [-0.25, -0.2) is 9.97 Å². The summed E-state index contributed by atoms with van der Waals surface area (Å²) in [5.41, 5.74) is 3.92. The second-order valence-corrected chi connectivity index (χ2v) is 9.66. The third-order valence-electron chi connectivity index (χ3n) is 5.15. The van der Waals surface area contributed by atoms with Crippen molar-refractivity contribution in [2.75, 3.05) is 32.5 Å². The highest BCUT2D eigenvalue weighted by Crippen LogP contribution is 2.27. The Kier molecular flexibility index (Phi) is 5.48. The molecule has 8 nitrogen and oxygen atoms in total. The fourth-order valence-corrected chi connectivity index (χ4v) is 4.86. The monoisotopic (exact) mass is 434 g/mol. The number of fused-ring (bicyclic) bond motifs is 2. The average Bonchev–Trinajstić information content (AvgIpc) is 3.10. The van der Waals surface area contributed by atoms with Crippen molar-refractivity contribution in [3.63, 3.8) is 0 Å². The van der Waals surface area contributed by atoms with Crippen LogP contribution in [0.25, 0.3) is 10.9 Å². The van der Waals surface area contributed by atoms with Crippen molar-refractivity contribution < 1.29 is 8.42 Å². The zero-order valence-electron chi connectivity index (χ0n) is 16.3. The molecule has 3 heterocycles. The van der Waals surface area contributed by atoms with Crippen LogP contribution in [0.1, 0.15) is 16.8 Å². The first kappa shape index (κ1) is 20.1. The minimum absolute atomic E-state index is 0.113. The highest BCUT2D eigenvalue weighted by molar-refractivity contribution is 7.86. The molecule has 0 aliphatic carbocycles. The first-order valence-electron chi connectivity index (χ1n) is 9.38. The molecule has 1 aliphatic heterocycles.